The van der Waals surface area contributed by atoms with Crippen molar-refractivity contribution >= 4 is 11.7 Å². The van der Waals surface area contributed by atoms with Crippen LogP contribution in [0.1, 0.15) is 11.5 Å². The van der Waals surface area contributed by atoms with Gasteiger partial charge in [-0.1, -0.05) is 18.2 Å². The fourth-order valence-corrected chi connectivity index (χ4v) is 1.61. The van der Waals surface area contributed by atoms with Crippen molar-refractivity contribution in [2.24, 2.45) is 0 Å². The minimum Gasteiger partial charge on any atom is -0.346 e. The Kier molecular flexibility index (Phi) is 3.96. The second kappa shape index (κ2) is 5.86. The van der Waals surface area contributed by atoms with Crippen LogP contribution >= 0.6 is 0 Å². The van der Waals surface area contributed by atoms with Gasteiger partial charge in [-0.3, -0.25) is 0 Å². The second-order valence-electron chi connectivity index (χ2n) is 3.99. The summed E-state index contributed by atoms with van der Waals surface area (Å²) < 4.78 is 0. The number of anilines is 1. The van der Waals surface area contributed by atoms with Crippen LogP contribution in [0, 0.1) is 6.92 Å². The predicted octanol–water partition coefficient (Wildman–Crippen LogP) is 2.08. The fourth-order valence-electron chi connectivity index (χ4n) is 1.61. The highest BCUT2D eigenvalue weighted by Crippen LogP contribution is 2.04. The molecule has 0 unspecified atom stereocenters. The van der Waals surface area contributed by atoms with Gasteiger partial charge in [0.25, 0.3) is 0 Å². The van der Waals surface area contributed by atoms with Gasteiger partial charge in [0.1, 0.15) is 5.82 Å². The number of hydrogen-bond acceptors (Lipinski definition) is 2. The van der Waals surface area contributed by atoms with Crippen LogP contribution in [0.5, 0.6) is 0 Å². The van der Waals surface area contributed by atoms with E-state index in [1.54, 1.807) is 6.20 Å². The fraction of sp³-hybridized carbons (Fsp3) is 0.231. The Hall–Kier alpha value is -2.30. The minimum atomic E-state index is -0.197. The molecule has 0 fully saturated rings. The van der Waals surface area contributed by atoms with Gasteiger partial charge >= 0.3 is 6.03 Å². The van der Waals surface area contributed by atoms with Gasteiger partial charge in [-0.25, -0.2) is 9.78 Å². The van der Waals surface area contributed by atoms with Crippen LogP contribution in [0.2, 0.25) is 0 Å². The van der Waals surface area contributed by atoms with E-state index in [0.29, 0.717) is 6.54 Å². The number of urea groups is 1. The highest BCUT2D eigenvalue weighted by Gasteiger charge is 2.01. The molecule has 1 heterocycles. The molecule has 3 N–H and O–H groups in total. The van der Waals surface area contributed by atoms with Crippen LogP contribution < -0.4 is 10.6 Å². The molecule has 0 aliphatic heterocycles. The summed E-state index contributed by atoms with van der Waals surface area (Å²) in [7, 11) is 0. The molecule has 2 amide bonds. The first-order chi connectivity index (χ1) is 8.74. The zero-order valence-corrected chi connectivity index (χ0v) is 10.2. The molecule has 0 atom stereocenters. The van der Waals surface area contributed by atoms with Gasteiger partial charge in [0.15, 0.2) is 0 Å². The van der Waals surface area contributed by atoms with Crippen molar-refractivity contribution in [1.82, 2.24) is 15.3 Å². The highest BCUT2D eigenvalue weighted by molar-refractivity contribution is 5.89. The number of imidazole rings is 1. The minimum absolute atomic E-state index is 0.197. The average Bonchev–Trinajstić information content (AvgIpc) is 2.76. The number of carbonyl (C=O) groups is 1. The molecule has 94 valence electrons. The first kappa shape index (κ1) is 12.2. The Bertz CT molecular complexity index is 507. The molecule has 2 aromatic rings. The monoisotopic (exact) mass is 244 g/mol. The molecule has 5 nitrogen and oxygen atoms in total. The Morgan fingerprint density at radius 3 is 2.78 bits per heavy atom. The average molecular weight is 244 g/mol. The van der Waals surface area contributed by atoms with E-state index in [2.05, 4.69) is 20.6 Å². The van der Waals surface area contributed by atoms with Crippen molar-refractivity contribution < 1.29 is 4.79 Å². The van der Waals surface area contributed by atoms with E-state index in [-0.39, 0.29) is 6.03 Å². The lowest BCUT2D eigenvalue weighted by Crippen LogP contribution is -2.30. The molecule has 18 heavy (non-hydrogen) atoms. The SMILES string of the molecule is Cc1ncc(CCNC(=O)Nc2ccccc2)[nH]1. The maximum atomic E-state index is 11.6. The zero-order valence-electron chi connectivity index (χ0n) is 10.2. The first-order valence-corrected chi connectivity index (χ1v) is 5.84. The molecule has 1 aromatic carbocycles. The van der Waals surface area contributed by atoms with Crippen LogP contribution in [-0.4, -0.2) is 22.5 Å². The molecular weight excluding hydrogens is 228 g/mol. The zero-order chi connectivity index (χ0) is 12.8. The summed E-state index contributed by atoms with van der Waals surface area (Å²) in [5, 5.41) is 5.55. The van der Waals surface area contributed by atoms with E-state index < -0.39 is 0 Å². The summed E-state index contributed by atoms with van der Waals surface area (Å²) in [4.78, 5) is 18.8. The van der Waals surface area contributed by atoms with Crippen molar-refractivity contribution in [1.29, 1.82) is 0 Å². The standard InChI is InChI=1S/C13H16N4O/c1-10-15-9-12(16-10)7-8-14-13(18)17-11-5-3-2-4-6-11/h2-6,9H,7-8H2,1H3,(H,15,16)(H2,14,17,18). The van der Waals surface area contributed by atoms with E-state index in [0.717, 1.165) is 23.6 Å². The maximum absolute atomic E-state index is 11.6. The van der Waals surface area contributed by atoms with Crippen molar-refractivity contribution in [3.05, 3.63) is 48.0 Å². The number of nitrogens with zero attached hydrogens (tertiary/aromatic N) is 1. The molecular formula is C13H16N4O. The summed E-state index contributed by atoms with van der Waals surface area (Å²) in [5.41, 5.74) is 1.81. The molecule has 1 aromatic heterocycles. The number of benzene rings is 1. The van der Waals surface area contributed by atoms with Crippen molar-refractivity contribution in [2.75, 3.05) is 11.9 Å². The predicted molar refractivity (Wildman–Crippen MR) is 70.5 cm³/mol. The van der Waals surface area contributed by atoms with Crippen LogP contribution in [-0.2, 0) is 6.42 Å². The van der Waals surface area contributed by atoms with Gasteiger partial charge in [0.05, 0.1) is 0 Å². The van der Waals surface area contributed by atoms with Crippen LogP contribution in [0.15, 0.2) is 36.5 Å². The van der Waals surface area contributed by atoms with E-state index in [1.807, 2.05) is 37.3 Å². The summed E-state index contributed by atoms with van der Waals surface area (Å²) in [6.07, 6.45) is 2.52. The molecule has 5 heteroatoms. The Morgan fingerprint density at radius 1 is 1.33 bits per heavy atom. The summed E-state index contributed by atoms with van der Waals surface area (Å²) >= 11 is 0. The number of H-pyrrole nitrogens is 1. The van der Waals surface area contributed by atoms with Gasteiger partial charge < -0.3 is 15.6 Å². The molecule has 0 spiro atoms. The quantitative estimate of drug-likeness (QED) is 0.770. The van der Waals surface area contributed by atoms with Crippen molar-refractivity contribution in [3.63, 3.8) is 0 Å². The van der Waals surface area contributed by atoms with Gasteiger partial charge in [-0.2, -0.15) is 0 Å². The number of nitrogens with one attached hydrogen (secondary N) is 3. The molecule has 0 aliphatic rings. The number of carbonyl (C=O) groups excluding carboxylic acids is 1. The molecule has 0 bridgehead atoms. The van der Waals surface area contributed by atoms with Crippen LogP contribution in [0.3, 0.4) is 0 Å². The maximum Gasteiger partial charge on any atom is 0.319 e. The molecule has 0 aliphatic carbocycles. The number of aryl methyl sites for hydroxylation is 1. The topological polar surface area (TPSA) is 69.8 Å². The van der Waals surface area contributed by atoms with Crippen molar-refractivity contribution in [2.45, 2.75) is 13.3 Å². The normalized spacial score (nSPS) is 10.1. The summed E-state index contributed by atoms with van der Waals surface area (Å²) in [6, 6.07) is 9.16. The van der Waals surface area contributed by atoms with Crippen LogP contribution in [0.4, 0.5) is 10.5 Å². The Labute approximate surface area is 106 Å². The molecule has 0 saturated carbocycles. The van der Waals surface area contributed by atoms with Gasteiger partial charge in [-0.15, -0.1) is 0 Å². The molecule has 0 radical (unpaired) electrons. The number of amides is 2. The molecule has 0 saturated heterocycles. The number of aromatic nitrogens is 2. The van der Waals surface area contributed by atoms with Crippen LogP contribution in [0.25, 0.3) is 0 Å². The van der Waals surface area contributed by atoms with E-state index in [4.69, 9.17) is 0 Å². The van der Waals surface area contributed by atoms with Gasteiger partial charge in [-0.05, 0) is 19.1 Å². The Balaban J connectivity index is 1.72. The largest absolute Gasteiger partial charge is 0.346 e. The number of para-hydroxylation sites is 1. The third kappa shape index (κ3) is 3.62. The summed E-state index contributed by atoms with van der Waals surface area (Å²) in [6.45, 7) is 2.47. The van der Waals surface area contributed by atoms with E-state index >= 15 is 0 Å². The van der Waals surface area contributed by atoms with E-state index in [9.17, 15) is 4.79 Å². The third-order valence-electron chi connectivity index (χ3n) is 2.47. The number of aromatic amines is 1. The lowest BCUT2D eigenvalue weighted by molar-refractivity contribution is 0.252. The molecule has 2 rings (SSSR count). The third-order valence-corrected chi connectivity index (χ3v) is 2.47. The smallest absolute Gasteiger partial charge is 0.319 e. The van der Waals surface area contributed by atoms with Gasteiger partial charge in [0, 0.05) is 30.5 Å². The number of hydrogen-bond donors (Lipinski definition) is 3. The highest BCUT2D eigenvalue weighted by atomic mass is 16.2. The lowest BCUT2D eigenvalue weighted by Gasteiger charge is -2.06. The Morgan fingerprint density at radius 2 is 2.11 bits per heavy atom. The van der Waals surface area contributed by atoms with Crippen molar-refractivity contribution in [3.8, 4) is 0 Å². The van der Waals surface area contributed by atoms with E-state index in [1.165, 1.54) is 0 Å². The summed E-state index contributed by atoms with van der Waals surface area (Å²) in [5.74, 6) is 0.888. The lowest BCUT2D eigenvalue weighted by atomic mass is 10.3. The van der Waals surface area contributed by atoms with Gasteiger partial charge in [0.2, 0.25) is 0 Å². The number of rotatable bonds is 4. The first-order valence-electron chi connectivity index (χ1n) is 5.84. The second-order valence-corrected chi connectivity index (χ2v) is 3.99.